The molecule has 114 valence electrons. The number of hydrogen-bond acceptors (Lipinski definition) is 4. The number of amides is 1. The normalized spacial score (nSPS) is 10.1. The number of carboxylic acids is 2. The van der Waals surface area contributed by atoms with Gasteiger partial charge in [0, 0.05) is 11.3 Å². The lowest BCUT2D eigenvalue weighted by molar-refractivity contribution is -0.149. The number of carboxylic acid groups (broad SMARTS) is 2. The highest BCUT2D eigenvalue weighted by Crippen LogP contribution is 2.18. The Hall–Kier alpha value is -2.02. The van der Waals surface area contributed by atoms with Crippen molar-refractivity contribution in [3.63, 3.8) is 0 Å². The van der Waals surface area contributed by atoms with Crippen LogP contribution in [-0.2, 0) is 14.4 Å². The molecule has 0 bridgehead atoms. The predicted octanol–water partition coefficient (Wildman–Crippen LogP) is 1.56. The lowest BCUT2D eigenvalue weighted by atomic mass is 10.3. The molecule has 0 aliphatic heterocycles. The Morgan fingerprint density at radius 1 is 1.00 bits per heavy atom. The monoisotopic (exact) mass is 311 g/mol. The van der Waals surface area contributed by atoms with Gasteiger partial charge in [0.1, 0.15) is 13.1 Å². The number of carbonyl (C=O) groups is 3. The summed E-state index contributed by atoms with van der Waals surface area (Å²) in [4.78, 5) is 35.0. The first kappa shape index (κ1) is 17.0. The van der Waals surface area contributed by atoms with Gasteiger partial charge in [0.2, 0.25) is 5.91 Å². The van der Waals surface area contributed by atoms with Crippen LogP contribution >= 0.6 is 11.8 Å². The van der Waals surface area contributed by atoms with Gasteiger partial charge in [0.15, 0.2) is 0 Å². The zero-order valence-corrected chi connectivity index (χ0v) is 12.2. The highest BCUT2D eigenvalue weighted by atomic mass is 32.2. The number of carbonyl (C=O) groups excluding carboxylic acids is 1. The number of benzene rings is 1. The Bertz CT molecular complexity index is 475. The zero-order valence-electron chi connectivity index (χ0n) is 11.4. The van der Waals surface area contributed by atoms with Gasteiger partial charge in [0.05, 0.1) is 0 Å². The van der Waals surface area contributed by atoms with Gasteiger partial charge in [-0.15, -0.1) is 11.8 Å². The Balaban J connectivity index is 2.35. The van der Waals surface area contributed by atoms with Crippen molar-refractivity contribution in [3.05, 3.63) is 30.3 Å². The van der Waals surface area contributed by atoms with E-state index in [0.29, 0.717) is 12.2 Å². The van der Waals surface area contributed by atoms with Crippen LogP contribution in [0.5, 0.6) is 0 Å². The molecule has 0 spiro atoms. The second-order valence-electron chi connectivity index (χ2n) is 4.30. The molecule has 1 amide bonds. The van der Waals surface area contributed by atoms with Gasteiger partial charge < -0.3 is 15.1 Å². The highest BCUT2D eigenvalue weighted by Gasteiger charge is 2.18. The molecule has 21 heavy (non-hydrogen) atoms. The fraction of sp³-hybridized carbons (Fsp3) is 0.357. The lowest BCUT2D eigenvalue weighted by Gasteiger charge is -2.18. The van der Waals surface area contributed by atoms with Crippen LogP contribution < -0.4 is 0 Å². The summed E-state index contributed by atoms with van der Waals surface area (Å²) >= 11 is 1.60. The first-order chi connectivity index (χ1) is 9.99. The molecule has 0 heterocycles. The molecule has 0 aromatic heterocycles. The summed E-state index contributed by atoms with van der Waals surface area (Å²) in [6.07, 6.45) is 0.703. The van der Waals surface area contributed by atoms with Gasteiger partial charge in [0.25, 0.3) is 0 Å². The molecule has 0 aliphatic rings. The molecule has 0 fully saturated rings. The lowest BCUT2D eigenvalue weighted by Crippen LogP contribution is -2.39. The van der Waals surface area contributed by atoms with Gasteiger partial charge in [-0.2, -0.15) is 0 Å². The second kappa shape index (κ2) is 9.02. The van der Waals surface area contributed by atoms with E-state index >= 15 is 0 Å². The molecule has 1 rings (SSSR count). The maximum Gasteiger partial charge on any atom is 0.323 e. The zero-order chi connectivity index (χ0) is 15.7. The molecule has 1 aromatic rings. The van der Waals surface area contributed by atoms with E-state index in [2.05, 4.69) is 0 Å². The molecule has 0 unspecified atom stereocenters. The van der Waals surface area contributed by atoms with Gasteiger partial charge in [-0.25, -0.2) is 0 Å². The van der Waals surface area contributed by atoms with Crippen molar-refractivity contribution in [3.8, 4) is 0 Å². The number of nitrogens with zero attached hydrogens (tertiary/aromatic N) is 1. The average Bonchev–Trinajstić information content (AvgIpc) is 2.43. The molecule has 0 saturated heterocycles. The summed E-state index contributed by atoms with van der Waals surface area (Å²) in [5.41, 5.74) is 0. The molecule has 6 nitrogen and oxygen atoms in total. The van der Waals surface area contributed by atoms with Gasteiger partial charge in [-0.3, -0.25) is 14.4 Å². The van der Waals surface area contributed by atoms with E-state index in [0.717, 1.165) is 9.80 Å². The van der Waals surface area contributed by atoms with Crippen molar-refractivity contribution >= 4 is 29.6 Å². The molecular formula is C14H17NO5S. The third-order valence-corrected chi connectivity index (χ3v) is 3.65. The number of rotatable bonds is 9. The summed E-state index contributed by atoms with van der Waals surface area (Å²) in [6.45, 7) is -1.17. The summed E-state index contributed by atoms with van der Waals surface area (Å²) < 4.78 is 0. The number of aliphatic carboxylic acids is 2. The van der Waals surface area contributed by atoms with E-state index < -0.39 is 30.9 Å². The Labute approximate surface area is 126 Å². The average molecular weight is 311 g/mol. The minimum absolute atomic E-state index is 0.139. The predicted molar refractivity (Wildman–Crippen MR) is 78.3 cm³/mol. The van der Waals surface area contributed by atoms with Crippen LogP contribution in [-0.4, -0.2) is 51.8 Å². The van der Waals surface area contributed by atoms with Gasteiger partial charge in [-0.05, 0) is 24.3 Å². The van der Waals surface area contributed by atoms with Crippen LogP contribution in [0.4, 0.5) is 0 Å². The molecule has 0 saturated carbocycles. The van der Waals surface area contributed by atoms with Crippen molar-refractivity contribution in [2.24, 2.45) is 0 Å². The van der Waals surface area contributed by atoms with Crippen molar-refractivity contribution in [2.45, 2.75) is 17.7 Å². The molecule has 0 aliphatic carbocycles. The third kappa shape index (κ3) is 7.36. The van der Waals surface area contributed by atoms with Crippen LogP contribution in [0.1, 0.15) is 12.8 Å². The molecule has 2 N–H and O–H groups in total. The molecule has 0 radical (unpaired) electrons. The van der Waals surface area contributed by atoms with Crippen LogP contribution in [0.25, 0.3) is 0 Å². The molecule has 0 atom stereocenters. The van der Waals surface area contributed by atoms with Gasteiger partial charge >= 0.3 is 11.9 Å². The van der Waals surface area contributed by atoms with E-state index in [9.17, 15) is 14.4 Å². The van der Waals surface area contributed by atoms with Crippen molar-refractivity contribution < 1.29 is 24.6 Å². The van der Waals surface area contributed by atoms with E-state index in [1.165, 1.54) is 0 Å². The molecule has 1 aromatic carbocycles. The number of thioether (sulfide) groups is 1. The van der Waals surface area contributed by atoms with Crippen LogP contribution in [0.2, 0.25) is 0 Å². The third-order valence-electron chi connectivity index (χ3n) is 2.55. The van der Waals surface area contributed by atoms with E-state index in [-0.39, 0.29) is 6.42 Å². The molecular weight excluding hydrogens is 294 g/mol. The van der Waals surface area contributed by atoms with Crippen molar-refractivity contribution in [1.82, 2.24) is 4.90 Å². The van der Waals surface area contributed by atoms with Crippen LogP contribution in [0, 0.1) is 0 Å². The van der Waals surface area contributed by atoms with Crippen molar-refractivity contribution in [2.75, 3.05) is 18.8 Å². The second-order valence-corrected chi connectivity index (χ2v) is 5.47. The molecule has 7 heteroatoms. The quantitative estimate of drug-likeness (QED) is 0.531. The first-order valence-electron chi connectivity index (χ1n) is 6.38. The SMILES string of the molecule is O=C(O)CN(CC(=O)O)C(=O)CCCSc1ccccc1. The van der Waals surface area contributed by atoms with Crippen molar-refractivity contribution in [1.29, 1.82) is 0 Å². The summed E-state index contributed by atoms with van der Waals surface area (Å²) in [7, 11) is 0. The topological polar surface area (TPSA) is 94.9 Å². The fourth-order valence-corrected chi connectivity index (χ4v) is 2.52. The first-order valence-corrected chi connectivity index (χ1v) is 7.37. The van der Waals surface area contributed by atoms with Crippen LogP contribution in [0.3, 0.4) is 0 Å². The highest BCUT2D eigenvalue weighted by molar-refractivity contribution is 7.99. The minimum Gasteiger partial charge on any atom is -0.480 e. The summed E-state index contributed by atoms with van der Waals surface area (Å²) in [5, 5.41) is 17.4. The Morgan fingerprint density at radius 3 is 2.10 bits per heavy atom. The maximum absolute atomic E-state index is 11.8. The standard InChI is InChI=1S/C14H17NO5S/c16-12(15(9-13(17)18)10-14(19)20)7-4-8-21-11-5-2-1-3-6-11/h1-3,5-6H,4,7-10H2,(H,17,18)(H,19,20). The Kier molecular flexibility index (Phi) is 7.31. The maximum atomic E-state index is 11.8. The Morgan fingerprint density at radius 2 is 1.57 bits per heavy atom. The fourth-order valence-electron chi connectivity index (χ4n) is 1.65. The van der Waals surface area contributed by atoms with E-state index in [1.54, 1.807) is 11.8 Å². The number of hydrogen-bond donors (Lipinski definition) is 2. The van der Waals surface area contributed by atoms with Gasteiger partial charge in [-0.1, -0.05) is 18.2 Å². The largest absolute Gasteiger partial charge is 0.480 e. The minimum atomic E-state index is -1.22. The smallest absolute Gasteiger partial charge is 0.323 e. The van der Waals surface area contributed by atoms with E-state index in [4.69, 9.17) is 10.2 Å². The summed E-state index contributed by atoms with van der Waals surface area (Å²) in [5.74, 6) is -2.18. The van der Waals surface area contributed by atoms with Crippen LogP contribution in [0.15, 0.2) is 35.2 Å². The van der Waals surface area contributed by atoms with E-state index in [1.807, 2.05) is 30.3 Å². The summed E-state index contributed by atoms with van der Waals surface area (Å²) in [6, 6.07) is 9.70.